The van der Waals surface area contributed by atoms with E-state index in [1.807, 2.05) is 45.9 Å². The molecule has 0 unspecified atom stereocenters. The van der Waals surface area contributed by atoms with Gasteiger partial charge in [-0.1, -0.05) is 17.7 Å². The lowest BCUT2D eigenvalue weighted by atomic mass is 10.1. The summed E-state index contributed by atoms with van der Waals surface area (Å²) in [5.41, 5.74) is 5.40. The number of amides is 1. The van der Waals surface area contributed by atoms with E-state index in [4.69, 9.17) is 4.74 Å². The maximum Gasteiger partial charge on any atom is 0.306 e. The Morgan fingerprint density at radius 1 is 1.21 bits per heavy atom. The molecule has 0 radical (unpaired) electrons. The van der Waals surface area contributed by atoms with Crippen molar-refractivity contribution in [2.45, 2.75) is 53.6 Å². The van der Waals surface area contributed by atoms with Gasteiger partial charge in [0.15, 0.2) is 6.10 Å². The topological polar surface area (TPSA) is 98.5 Å². The highest BCUT2D eigenvalue weighted by Crippen LogP contribution is 2.17. The van der Waals surface area contributed by atoms with E-state index in [1.54, 1.807) is 11.4 Å². The van der Waals surface area contributed by atoms with E-state index < -0.39 is 12.1 Å². The summed E-state index contributed by atoms with van der Waals surface area (Å²) >= 11 is 0. The maximum absolute atomic E-state index is 12.4. The van der Waals surface area contributed by atoms with Crippen LogP contribution in [-0.4, -0.2) is 37.6 Å². The molecule has 0 saturated carbocycles. The molecule has 1 aromatic carbocycles. The lowest BCUT2D eigenvalue weighted by Gasteiger charge is -2.15. The molecule has 1 amide bonds. The summed E-state index contributed by atoms with van der Waals surface area (Å²) in [5, 5.41) is 6.95. The molecule has 0 spiro atoms. The first-order valence-corrected chi connectivity index (χ1v) is 9.49. The second kappa shape index (κ2) is 8.38. The zero-order valence-corrected chi connectivity index (χ0v) is 17.3. The van der Waals surface area contributed by atoms with Crippen LogP contribution in [0.2, 0.25) is 0 Å². The number of benzene rings is 1. The number of carbonyl (C=O) groups is 2. The van der Waals surface area contributed by atoms with E-state index in [0.29, 0.717) is 17.9 Å². The lowest BCUT2D eigenvalue weighted by Crippen LogP contribution is -2.30. The number of aromatic nitrogens is 4. The summed E-state index contributed by atoms with van der Waals surface area (Å²) in [6, 6.07) is 5.75. The highest BCUT2D eigenvalue weighted by Gasteiger charge is 2.19. The fourth-order valence-electron chi connectivity index (χ4n) is 3.24. The molecular weight excluding hydrogens is 370 g/mol. The molecule has 3 rings (SSSR count). The Morgan fingerprint density at radius 3 is 2.69 bits per heavy atom. The van der Waals surface area contributed by atoms with E-state index in [2.05, 4.69) is 20.4 Å². The predicted octanol–water partition coefficient (Wildman–Crippen LogP) is 2.86. The fraction of sp³-hybridized carbons (Fsp3) is 0.381. The van der Waals surface area contributed by atoms with E-state index in [-0.39, 0.29) is 12.3 Å². The summed E-state index contributed by atoms with van der Waals surface area (Å²) in [6.07, 6.45) is 1.15. The first kappa shape index (κ1) is 20.4. The summed E-state index contributed by atoms with van der Waals surface area (Å²) in [4.78, 5) is 33.1. The molecule has 1 N–H and O–H groups in total. The second-order valence-corrected chi connectivity index (χ2v) is 7.17. The standard InChI is InChI=1S/C21H25N5O3/c1-12-6-8-18(13(2)10-12)25-20(28)16(5)29-19(27)9-7-17-14(3)24-21-22-11-23-26(21)15(17)4/h6,8,10-11,16H,7,9H2,1-5H3,(H,25,28)/t16-/m0/s1. The zero-order valence-electron chi connectivity index (χ0n) is 17.3. The number of nitrogens with zero attached hydrogens (tertiary/aromatic N) is 4. The van der Waals surface area contributed by atoms with Crippen LogP contribution >= 0.6 is 0 Å². The number of hydrogen-bond acceptors (Lipinski definition) is 6. The maximum atomic E-state index is 12.4. The van der Waals surface area contributed by atoms with E-state index in [9.17, 15) is 9.59 Å². The van der Waals surface area contributed by atoms with Crippen LogP contribution in [0.1, 0.15) is 41.4 Å². The highest BCUT2D eigenvalue weighted by atomic mass is 16.5. The van der Waals surface area contributed by atoms with E-state index in [0.717, 1.165) is 28.1 Å². The van der Waals surface area contributed by atoms with Crippen molar-refractivity contribution >= 4 is 23.3 Å². The molecule has 2 heterocycles. The summed E-state index contributed by atoms with van der Waals surface area (Å²) < 4.78 is 6.96. The first-order valence-electron chi connectivity index (χ1n) is 9.49. The third-order valence-corrected chi connectivity index (χ3v) is 4.88. The molecule has 8 nitrogen and oxygen atoms in total. The van der Waals surface area contributed by atoms with Crippen molar-refractivity contribution in [3.63, 3.8) is 0 Å². The molecule has 0 fully saturated rings. The number of nitrogens with one attached hydrogen (secondary N) is 1. The third-order valence-electron chi connectivity index (χ3n) is 4.88. The second-order valence-electron chi connectivity index (χ2n) is 7.17. The molecule has 0 bridgehead atoms. The van der Waals surface area contributed by atoms with Crippen molar-refractivity contribution in [1.29, 1.82) is 0 Å². The van der Waals surface area contributed by atoms with Crippen LogP contribution in [0.4, 0.5) is 5.69 Å². The number of carbonyl (C=O) groups excluding carboxylic acids is 2. The molecule has 0 saturated heterocycles. The number of aryl methyl sites for hydroxylation is 4. The van der Waals surface area contributed by atoms with Gasteiger partial charge in [0.2, 0.25) is 0 Å². The summed E-state index contributed by atoms with van der Waals surface area (Å²) in [7, 11) is 0. The number of anilines is 1. The summed E-state index contributed by atoms with van der Waals surface area (Å²) in [6.45, 7) is 9.27. The minimum atomic E-state index is -0.888. The molecule has 3 aromatic rings. The van der Waals surface area contributed by atoms with E-state index in [1.165, 1.54) is 6.33 Å². The van der Waals surface area contributed by atoms with Crippen LogP contribution in [0.3, 0.4) is 0 Å². The van der Waals surface area contributed by atoms with Crippen LogP contribution in [-0.2, 0) is 20.7 Å². The van der Waals surface area contributed by atoms with Crippen LogP contribution in [0.15, 0.2) is 24.5 Å². The molecule has 1 atom stereocenters. The van der Waals surface area contributed by atoms with E-state index >= 15 is 0 Å². The van der Waals surface area contributed by atoms with Crippen LogP contribution < -0.4 is 5.32 Å². The molecule has 29 heavy (non-hydrogen) atoms. The molecule has 8 heteroatoms. The molecule has 152 valence electrons. The van der Waals surface area contributed by atoms with Crippen molar-refractivity contribution in [2.24, 2.45) is 0 Å². The van der Waals surface area contributed by atoms with Gasteiger partial charge in [-0.3, -0.25) is 9.59 Å². The number of fused-ring (bicyclic) bond motifs is 1. The van der Waals surface area contributed by atoms with Crippen molar-refractivity contribution in [1.82, 2.24) is 19.6 Å². The molecular formula is C21H25N5O3. The number of esters is 1. The molecule has 0 aliphatic rings. The normalized spacial score (nSPS) is 12.0. The Hall–Kier alpha value is -3.29. The minimum absolute atomic E-state index is 0.144. The van der Waals surface area contributed by atoms with Gasteiger partial charge in [-0.05, 0) is 58.2 Å². The van der Waals surface area contributed by atoms with Gasteiger partial charge in [0, 0.05) is 23.5 Å². The Kier molecular flexibility index (Phi) is 5.91. The summed E-state index contributed by atoms with van der Waals surface area (Å²) in [5.74, 6) is -0.267. The van der Waals surface area contributed by atoms with Gasteiger partial charge in [-0.15, -0.1) is 0 Å². The SMILES string of the molecule is Cc1ccc(NC(=O)[C@H](C)OC(=O)CCc2c(C)nc3ncnn3c2C)c(C)c1. The van der Waals surface area contributed by atoms with Crippen molar-refractivity contribution in [3.05, 3.63) is 52.6 Å². The van der Waals surface area contributed by atoms with Crippen molar-refractivity contribution in [3.8, 4) is 0 Å². The lowest BCUT2D eigenvalue weighted by molar-refractivity contribution is -0.153. The van der Waals surface area contributed by atoms with Gasteiger partial charge in [0.05, 0.1) is 0 Å². The Morgan fingerprint density at radius 2 is 1.97 bits per heavy atom. The van der Waals surface area contributed by atoms with Crippen LogP contribution in [0.5, 0.6) is 0 Å². The molecule has 0 aliphatic heterocycles. The number of hydrogen-bond donors (Lipinski definition) is 1. The van der Waals surface area contributed by atoms with Gasteiger partial charge in [0.1, 0.15) is 6.33 Å². The quantitative estimate of drug-likeness (QED) is 0.645. The van der Waals surface area contributed by atoms with Crippen LogP contribution in [0.25, 0.3) is 5.78 Å². The fourth-order valence-corrected chi connectivity index (χ4v) is 3.24. The Labute approximate surface area is 169 Å². The minimum Gasteiger partial charge on any atom is -0.453 e. The smallest absolute Gasteiger partial charge is 0.306 e. The average Bonchev–Trinajstić information content (AvgIpc) is 3.12. The zero-order chi connectivity index (χ0) is 21.1. The van der Waals surface area contributed by atoms with Gasteiger partial charge < -0.3 is 10.1 Å². The van der Waals surface area contributed by atoms with Crippen LogP contribution in [0, 0.1) is 27.7 Å². The van der Waals surface area contributed by atoms with Gasteiger partial charge >= 0.3 is 5.97 Å². The van der Waals surface area contributed by atoms with Gasteiger partial charge in [-0.2, -0.15) is 10.1 Å². The average molecular weight is 395 g/mol. The highest BCUT2D eigenvalue weighted by molar-refractivity contribution is 5.95. The Balaban J connectivity index is 1.58. The predicted molar refractivity (Wildman–Crippen MR) is 109 cm³/mol. The molecule has 2 aromatic heterocycles. The number of rotatable bonds is 6. The number of ether oxygens (including phenoxy) is 1. The monoisotopic (exact) mass is 395 g/mol. The van der Waals surface area contributed by atoms with Gasteiger partial charge in [0.25, 0.3) is 11.7 Å². The third kappa shape index (κ3) is 4.59. The largest absolute Gasteiger partial charge is 0.453 e. The molecule has 0 aliphatic carbocycles. The first-order chi connectivity index (χ1) is 13.8. The van der Waals surface area contributed by atoms with Crippen molar-refractivity contribution < 1.29 is 14.3 Å². The van der Waals surface area contributed by atoms with Gasteiger partial charge in [-0.25, -0.2) is 9.50 Å². The van der Waals surface area contributed by atoms with Crippen molar-refractivity contribution in [2.75, 3.05) is 5.32 Å². The Bertz CT molecular complexity index is 1070.